The zero-order valence-corrected chi connectivity index (χ0v) is 12.2. The molecule has 19 heavy (non-hydrogen) atoms. The van der Waals surface area contributed by atoms with Crippen molar-refractivity contribution in [2.24, 2.45) is 0 Å². The predicted octanol–water partition coefficient (Wildman–Crippen LogP) is 3.55. The number of rotatable bonds is 9. The standard InChI is InChI=1S/C13H20N2O3S/c1-3-5-14-11-8-12(15(16)17)10-13(9-11)19-7-4-6-18-2/h8-10,14H,3-7H2,1-2H3. The fourth-order valence-electron chi connectivity index (χ4n) is 1.54. The van der Waals surface area contributed by atoms with Gasteiger partial charge < -0.3 is 10.1 Å². The first-order chi connectivity index (χ1) is 9.17. The highest BCUT2D eigenvalue weighted by atomic mass is 32.2. The summed E-state index contributed by atoms with van der Waals surface area (Å²) in [6, 6.07) is 5.16. The molecule has 1 rings (SSSR count). The average Bonchev–Trinajstić information content (AvgIpc) is 2.41. The largest absolute Gasteiger partial charge is 0.385 e. The molecule has 0 heterocycles. The Kier molecular flexibility index (Phi) is 7.28. The van der Waals surface area contributed by atoms with Gasteiger partial charge >= 0.3 is 0 Å². The summed E-state index contributed by atoms with van der Waals surface area (Å²) >= 11 is 1.62. The molecule has 0 amide bonds. The van der Waals surface area contributed by atoms with Crippen molar-refractivity contribution in [3.05, 3.63) is 28.3 Å². The number of nitrogens with one attached hydrogen (secondary N) is 1. The lowest BCUT2D eigenvalue weighted by molar-refractivity contribution is -0.385. The molecule has 0 aliphatic heterocycles. The van der Waals surface area contributed by atoms with Crippen LogP contribution in [0.5, 0.6) is 0 Å². The van der Waals surface area contributed by atoms with Gasteiger partial charge in [-0.1, -0.05) is 6.92 Å². The summed E-state index contributed by atoms with van der Waals surface area (Å²) in [5.74, 6) is 0.891. The molecule has 1 aromatic carbocycles. The zero-order chi connectivity index (χ0) is 14.1. The number of ether oxygens (including phenoxy) is 1. The Morgan fingerprint density at radius 1 is 1.42 bits per heavy atom. The van der Waals surface area contributed by atoms with Gasteiger partial charge in [-0.25, -0.2) is 0 Å². The second kappa shape index (κ2) is 8.77. The Bertz CT molecular complexity index is 413. The smallest absolute Gasteiger partial charge is 0.272 e. The number of nitro benzene ring substituents is 1. The van der Waals surface area contributed by atoms with E-state index in [1.165, 1.54) is 0 Å². The van der Waals surface area contributed by atoms with Gasteiger partial charge in [-0.15, -0.1) is 11.8 Å². The summed E-state index contributed by atoms with van der Waals surface area (Å²) in [5.41, 5.74) is 0.945. The fourth-order valence-corrected chi connectivity index (χ4v) is 2.45. The highest BCUT2D eigenvalue weighted by molar-refractivity contribution is 7.99. The minimum atomic E-state index is -0.351. The molecule has 0 unspecified atom stereocenters. The Labute approximate surface area is 117 Å². The SMILES string of the molecule is CCCNc1cc(SCCCOC)cc([N+](=O)[O-])c1. The molecule has 0 radical (unpaired) electrons. The molecule has 0 saturated heterocycles. The Balaban J connectivity index is 2.72. The van der Waals surface area contributed by atoms with E-state index in [0.717, 1.165) is 35.7 Å². The number of benzene rings is 1. The van der Waals surface area contributed by atoms with Crippen molar-refractivity contribution in [1.82, 2.24) is 0 Å². The summed E-state index contributed by atoms with van der Waals surface area (Å²) in [4.78, 5) is 11.5. The number of nitrogens with zero attached hydrogens (tertiary/aromatic N) is 1. The van der Waals surface area contributed by atoms with Gasteiger partial charge in [0, 0.05) is 48.7 Å². The summed E-state index contributed by atoms with van der Waals surface area (Å²) in [5, 5.41) is 14.1. The van der Waals surface area contributed by atoms with Crippen molar-refractivity contribution in [2.45, 2.75) is 24.7 Å². The molecule has 0 aromatic heterocycles. The lowest BCUT2D eigenvalue weighted by Crippen LogP contribution is -2.01. The molecule has 6 heteroatoms. The molecule has 5 nitrogen and oxygen atoms in total. The molecule has 0 atom stereocenters. The molecule has 1 N–H and O–H groups in total. The molecule has 0 bridgehead atoms. The van der Waals surface area contributed by atoms with Gasteiger partial charge in [0.05, 0.1) is 4.92 Å². The van der Waals surface area contributed by atoms with Gasteiger partial charge in [0.1, 0.15) is 0 Å². The lowest BCUT2D eigenvalue weighted by Gasteiger charge is -2.07. The minimum Gasteiger partial charge on any atom is -0.385 e. The van der Waals surface area contributed by atoms with Crippen LogP contribution in [0.25, 0.3) is 0 Å². The van der Waals surface area contributed by atoms with Crippen LogP contribution >= 0.6 is 11.8 Å². The summed E-state index contributed by atoms with van der Waals surface area (Å²) < 4.78 is 4.98. The third-order valence-electron chi connectivity index (χ3n) is 2.44. The molecule has 0 aliphatic carbocycles. The molecular formula is C13H20N2O3S. The van der Waals surface area contributed by atoms with E-state index in [4.69, 9.17) is 4.74 Å². The van der Waals surface area contributed by atoms with Crippen molar-refractivity contribution < 1.29 is 9.66 Å². The summed E-state index contributed by atoms with van der Waals surface area (Å²) in [6.07, 6.45) is 1.92. The second-order valence-corrected chi connectivity index (χ2v) is 5.26. The number of anilines is 1. The predicted molar refractivity (Wildman–Crippen MR) is 79.1 cm³/mol. The van der Waals surface area contributed by atoms with E-state index in [-0.39, 0.29) is 10.6 Å². The van der Waals surface area contributed by atoms with Crippen LogP contribution in [0.3, 0.4) is 0 Å². The Hall–Kier alpha value is -1.27. The highest BCUT2D eigenvalue weighted by Crippen LogP contribution is 2.28. The van der Waals surface area contributed by atoms with Gasteiger partial charge in [0.15, 0.2) is 0 Å². The van der Waals surface area contributed by atoms with E-state index >= 15 is 0 Å². The molecule has 0 saturated carbocycles. The van der Waals surface area contributed by atoms with Gasteiger partial charge in [-0.2, -0.15) is 0 Å². The number of nitro groups is 1. The van der Waals surface area contributed by atoms with E-state index in [0.29, 0.717) is 6.61 Å². The van der Waals surface area contributed by atoms with Crippen molar-refractivity contribution in [1.29, 1.82) is 0 Å². The van der Waals surface area contributed by atoms with Crippen LogP contribution in [0.1, 0.15) is 19.8 Å². The first-order valence-corrected chi connectivity index (χ1v) is 7.31. The lowest BCUT2D eigenvalue weighted by atomic mass is 10.2. The fraction of sp³-hybridized carbons (Fsp3) is 0.538. The molecule has 1 aromatic rings. The van der Waals surface area contributed by atoms with Gasteiger partial charge in [0.2, 0.25) is 0 Å². The number of hydrogen-bond donors (Lipinski definition) is 1. The van der Waals surface area contributed by atoms with Crippen LogP contribution in [-0.4, -0.2) is 30.9 Å². The minimum absolute atomic E-state index is 0.135. The van der Waals surface area contributed by atoms with Crippen LogP contribution < -0.4 is 5.32 Å². The summed E-state index contributed by atoms with van der Waals surface area (Å²) in [6.45, 7) is 3.59. The van der Waals surface area contributed by atoms with Gasteiger partial charge in [-0.05, 0) is 18.9 Å². The third kappa shape index (κ3) is 5.94. The topological polar surface area (TPSA) is 64.4 Å². The van der Waals surface area contributed by atoms with Crippen LogP contribution in [0.15, 0.2) is 23.1 Å². The molecule has 0 fully saturated rings. The van der Waals surface area contributed by atoms with Crippen molar-refractivity contribution >= 4 is 23.1 Å². The van der Waals surface area contributed by atoms with Crippen LogP contribution in [0.4, 0.5) is 11.4 Å². The number of methoxy groups -OCH3 is 1. The Morgan fingerprint density at radius 2 is 2.21 bits per heavy atom. The van der Waals surface area contributed by atoms with Crippen molar-refractivity contribution in [3.8, 4) is 0 Å². The molecule has 106 valence electrons. The highest BCUT2D eigenvalue weighted by Gasteiger charge is 2.09. The van der Waals surface area contributed by atoms with Gasteiger partial charge in [-0.3, -0.25) is 10.1 Å². The van der Waals surface area contributed by atoms with Crippen molar-refractivity contribution in [2.75, 3.05) is 31.3 Å². The van der Waals surface area contributed by atoms with E-state index in [1.54, 1.807) is 31.0 Å². The molecular weight excluding hydrogens is 264 g/mol. The first kappa shape index (κ1) is 15.8. The molecule has 0 aliphatic rings. The van der Waals surface area contributed by atoms with E-state index in [2.05, 4.69) is 12.2 Å². The third-order valence-corrected chi connectivity index (χ3v) is 3.50. The zero-order valence-electron chi connectivity index (χ0n) is 11.3. The normalized spacial score (nSPS) is 10.4. The van der Waals surface area contributed by atoms with Crippen molar-refractivity contribution in [3.63, 3.8) is 0 Å². The summed E-state index contributed by atoms with van der Waals surface area (Å²) in [7, 11) is 1.67. The quantitative estimate of drug-likeness (QED) is 0.325. The van der Waals surface area contributed by atoms with E-state index in [9.17, 15) is 10.1 Å². The number of non-ortho nitro benzene ring substituents is 1. The second-order valence-electron chi connectivity index (χ2n) is 4.09. The average molecular weight is 284 g/mol. The molecule has 0 spiro atoms. The van der Waals surface area contributed by atoms with Gasteiger partial charge in [0.25, 0.3) is 5.69 Å². The maximum absolute atomic E-state index is 10.9. The number of thioether (sulfide) groups is 1. The maximum Gasteiger partial charge on any atom is 0.272 e. The first-order valence-electron chi connectivity index (χ1n) is 6.32. The van der Waals surface area contributed by atoms with Crippen LogP contribution in [0, 0.1) is 10.1 Å². The van der Waals surface area contributed by atoms with Crippen LogP contribution in [-0.2, 0) is 4.74 Å². The van der Waals surface area contributed by atoms with E-state index in [1.807, 2.05) is 6.07 Å². The number of hydrogen-bond acceptors (Lipinski definition) is 5. The monoisotopic (exact) mass is 284 g/mol. The maximum atomic E-state index is 10.9. The van der Waals surface area contributed by atoms with Crippen LogP contribution in [0.2, 0.25) is 0 Å². The Morgan fingerprint density at radius 3 is 2.84 bits per heavy atom. The van der Waals surface area contributed by atoms with E-state index < -0.39 is 0 Å².